The first-order chi connectivity index (χ1) is 12.3. The first-order valence-corrected chi connectivity index (χ1v) is 8.99. The topological polar surface area (TPSA) is 55.7 Å². The van der Waals surface area contributed by atoms with E-state index in [1.54, 1.807) is 6.20 Å². The Hall–Kier alpha value is -2.40. The number of hydrogen-bond donors (Lipinski definition) is 1. The quantitative estimate of drug-likeness (QED) is 0.705. The van der Waals surface area contributed by atoms with E-state index in [1.807, 2.05) is 30.7 Å². The summed E-state index contributed by atoms with van der Waals surface area (Å²) in [7, 11) is 0. The molecule has 0 atom stereocenters. The Bertz CT molecular complexity index is 804. The second-order valence-electron chi connectivity index (χ2n) is 6.86. The summed E-state index contributed by atoms with van der Waals surface area (Å²) in [4.78, 5) is 12.5. The molecule has 1 saturated carbocycles. The summed E-state index contributed by atoms with van der Waals surface area (Å²) in [5, 5.41) is 0. The molecule has 0 amide bonds. The van der Waals surface area contributed by atoms with Gasteiger partial charge in [0, 0.05) is 36.5 Å². The van der Waals surface area contributed by atoms with Gasteiger partial charge in [-0.15, -0.1) is 0 Å². The molecule has 1 fully saturated rings. The SMILES string of the molecule is CCOCC1(Cn2cnc(-c3ccccc3)c2-c2ncc[nH]2)CCC1. The maximum atomic E-state index is 5.78. The van der Waals surface area contributed by atoms with Crippen LogP contribution in [0, 0.1) is 5.41 Å². The lowest BCUT2D eigenvalue weighted by Crippen LogP contribution is -2.38. The van der Waals surface area contributed by atoms with Crippen LogP contribution in [0.25, 0.3) is 22.8 Å². The van der Waals surface area contributed by atoms with Gasteiger partial charge in [-0.25, -0.2) is 9.97 Å². The summed E-state index contributed by atoms with van der Waals surface area (Å²) >= 11 is 0. The molecule has 2 heterocycles. The van der Waals surface area contributed by atoms with E-state index < -0.39 is 0 Å². The van der Waals surface area contributed by atoms with Crippen molar-refractivity contribution in [2.24, 2.45) is 5.41 Å². The van der Waals surface area contributed by atoms with Crippen LogP contribution in [-0.4, -0.2) is 32.7 Å². The first kappa shape index (κ1) is 16.1. The zero-order valence-electron chi connectivity index (χ0n) is 14.6. The zero-order valence-corrected chi connectivity index (χ0v) is 14.6. The Morgan fingerprint density at radius 1 is 1.20 bits per heavy atom. The highest BCUT2D eigenvalue weighted by atomic mass is 16.5. The van der Waals surface area contributed by atoms with Crippen molar-refractivity contribution in [2.75, 3.05) is 13.2 Å². The van der Waals surface area contributed by atoms with Crippen molar-refractivity contribution in [2.45, 2.75) is 32.7 Å². The Labute approximate surface area is 148 Å². The van der Waals surface area contributed by atoms with Gasteiger partial charge in [0.25, 0.3) is 0 Å². The Morgan fingerprint density at radius 2 is 2.04 bits per heavy atom. The summed E-state index contributed by atoms with van der Waals surface area (Å²) in [6, 6.07) is 10.3. The smallest absolute Gasteiger partial charge is 0.156 e. The summed E-state index contributed by atoms with van der Waals surface area (Å²) in [6.45, 7) is 4.57. The van der Waals surface area contributed by atoms with Gasteiger partial charge in [0.05, 0.1) is 18.6 Å². The summed E-state index contributed by atoms with van der Waals surface area (Å²) in [5.41, 5.74) is 3.37. The molecule has 4 rings (SSSR count). The fourth-order valence-electron chi connectivity index (χ4n) is 3.66. The van der Waals surface area contributed by atoms with Gasteiger partial charge >= 0.3 is 0 Å². The molecule has 2 aromatic heterocycles. The van der Waals surface area contributed by atoms with E-state index in [0.29, 0.717) is 0 Å². The molecular weight excluding hydrogens is 312 g/mol. The van der Waals surface area contributed by atoms with Crippen molar-refractivity contribution < 1.29 is 4.74 Å². The van der Waals surface area contributed by atoms with Gasteiger partial charge in [-0.3, -0.25) is 0 Å². The van der Waals surface area contributed by atoms with Gasteiger partial charge in [0.15, 0.2) is 5.82 Å². The minimum absolute atomic E-state index is 0.228. The highest BCUT2D eigenvalue weighted by Crippen LogP contribution is 2.44. The van der Waals surface area contributed by atoms with Crippen molar-refractivity contribution in [1.29, 1.82) is 0 Å². The maximum absolute atomic E-state index is 5.78. The predicted octanol–water partition coefficient (Wildman–Crippen LogP) is 4.15. The molecule has 1 aromatic carbocycles. The third-order valence-electron chi connectivity index (χ3n) is 5.14. The number of nitrogens with zero attached hydrogens (tertiary/aromatic N) is 3. The second-order valence-corrected chi connectivity index (χ2v) is 6.86. The molecule has 0 aliphatic heterocycles. The molecule has 5 nitrogen and oxygen atoms in total. The minimum atomic E-state index is 0.228. The summed E-state index contributed by atoms with van der Waals surface area (Å²) in [5.74, 6) is 0.863. The molecule has 0 radical (unpaired) electrons. The van der Waals surface area contributed by atoms with E-state index in [1.165, 1.54) is 19.3 Å². The van der Waals surface area contributed by atoms with Gasteiger partial charge in [0.2, 0.25) is 0 Å². The van der Waals surface area contributed by atoms with E-state index in [4.69, 9.17) is 9.72 Å². The van der Waals surface area contributed by atoms with Gasteiger partial charge in [0.1, 0.15) is 5.69 Å². The third-order valence-corrected chi connectivity index (χ3v) is 5.14. The summed E-state index contributed by atoms with van der Waals surface area (Å²) in [6.07, 6.45) is 9.31. The summed E-state index contributed by atoms with van der Waals surface area (Å²) < 4.78 is 8.03. The van der Waals surface area contributed by atoms with E-state index in [9.17, 15) is 0 Å². The predicted molar refractivity (Wildman–Crippen MR) is 98.0 cm³/mol. The lowest BCUT2D eigenvalue weighted by Gasteiger charge is -2.42. The van der Waals surface area contributed by atoms with Crippen molar-refractivity contribution in [3.8, 4) is 22.8 Å². The van der Waals surface area contributed by atoms with Gasteiger partial charge in [-0.2, -0.15) is 0 Å². The zero-order chi connectivity index (χ0) is 17.1. The molecule has 1 aliphatic carbocycles. The van der Waals surface area contributed by atoms with Gasteiger partial charge in [-0.1, -0.05) is 36.8 Å². The van der Waals surface area contributed by atoms with Crippen LogP contribution in [0.3, 0.4) is 0 Å². The largest absolute Gasteiger partial charge is 0.381 e. The molecule has 1 N–H and O–H groups in total. The normalized spacial score (nSPS) is 15.9. The maximum Gasteiger partial charge on any atom is 0.156 e. The third kappa shape index (κ3) is 3.12. The van der Waals surface area contributed by atoms with Crippen LogP contribution < -0.4 is 0 Å². The number of nitrogens with one attached hydrogen (secondary N) is 1. The molecule has 1 aliphatic rings. The monoisotopic (exact) mass is 336 g/mol. The lowest BCUT2D eigenvalue weighted by atomic mass is 9.69. The average molecular weight is 336 g/mol. The van der Waals surface area contributed by atoms with Crippen LogP contribution in [0.5, 0.6) is 0 Å². The van der Waals surface area contributed by atoms with E-state index >= 15 is 0 Å². The van der Waals surface area contributed by atoms with E-state index in [0.717, 1.165) is 42.5 Å². The van der Waals surface area contributed by atoms with Crippen LogP contribution in [0.1, 0.15) is 26.2 Å². The van der Waals surface area contributed by atoms with Crippen LogP contribution in [0.15, 0.2) is 49.1 Å². The van der Waals surface area contributed by atoms with E-state index in [-0.39, 0.29) is 5.41 Å². The van der Waals surface area contributed by atoms with Crippen molar-refractivity contribution in [1.82, 2.24) is 19.5 Å². The average Bonchev–Trinajstić information content (AvgIpc) is 3.27. The van der Waals surface area contributed by atoms with Crippen molar-refractivity contribution in [3.63, 3.8) is 0 Å². The van der Waals surface area contributed by atoms with Gasteiger partial charge < -0.3 is 14.3 Å². The number of hydrogen-bond acceptors (Lipinski definition) is 3. The van der Waals surface area contributed by atoms with Gasteiger partial charge in [-0.05, 0) is 19.8 Å². The first-order valence-electron chi connectivity index (χ1n) is 8.99. The Kier molecular flexibility index (Phi) is 4.40. The van der Waals surface area contributed by atoms with Crippen molar-refractivity contribution >= 4 is 0 Å². The fourth-order valence-corrected chi connectivity index (χ4v) is 3.66. The Balaban J connectivity index is 1.72. The molecule has 25 heavy (non-hydrogen) atoms. The molecule has 0 spiro atoms. The number of rotatable bonds is 7. The van der Waals surface area contributed by atoms with Crippen molar-refractivity contribution in [3.05, 3.63) is 49.1 Å². The Morgan fingerprint density at radius 3 is 2.68 bits per heavy atom. The molecule has 3 aromatic rings. The number of aromatic nitrogens is 4. The number of ether oxygens (including phenoxy) is 1. The number of H-pyrrole nitrogens is 1. The van der Waals surface area contributed by atoms with Crippen LogP contribution in [0.4, 0.5) is 0 Å². The highest BCUT2D eigenvalue weighted by molar-refractivity contribution is 5.75. The minimum Gasteiger partial charge on any atom is -0.381 e. The number of benzene rings is 1. The second kappa shape index (κ2) is 6.84. The van der Waals surface area contributed by atoms with Crippen LogP contribution in [0.2, 0.25) is 0 Å². The molecular formula is C20H24N4O. The molecule has 5 heteroatoms. The highest BCUT2D eigenvalue weighted by Gasteiger charge is 2.38. The van der Waals surface area contributed by atoms with Crippen LogP contribution >= 0.6 is 0 Å². The molecule has 0 bridgehead atoms. The lowest BCUT2D eigenvalue weighted by molar-refractivity contribution is -0.0134. The number of imidazole rings is 2. The fraction of sp³-hybridized carbons (Fsp3) is 0.400. The van der Waals surface area contributed by atoms with Crippen LogP contribution in [-0.2, 0) is 11.3 Å². The molecule has 0 saturated heterocycles. The van der Waals surface area contributed by atoms with E-state index in [2.05, 4.69) is 33.6 Å². The number of aromatic amines is 1. The molecule has 0 unspecified atom stereocenters. The standard InChI is InChI=1S/C20H24N4O/c1-2-25-14-20(9-6-10-20)13-24-15-23-17(16-7-4-3-5-8-16)18(24)19-21-11-12-22-19/h3-5,7-8,11-12,15H,2,6,9-10,13-14H2,1H3,(H,21,22). The molecule has 130 valence electrons.